The minimum Gasteiger partial charge on any atom is -0.390 e. The van der Waals surface area contributed by atoms with Gasteiger partial charge < -0.3 is 26.2 Å². The molecular weight excluding hydrogens is 310 g/mol. The molecule has 9 nitrogen and oxygen atoms in total. The maximum Gasteiger partial charge on any atom is 0.167 e. The second-order valence-corrected chi connectivity index (χ2v) is 5.94. The van der Waals surface area contributed by atoms with Crippen LogP contribution in [0.2, 0.25) is 0 Å². The molecule has 3 heterocycles. The van der Waals surface area contributed by atoms with E-state index in [-0.39, 0.29) is 12.3 Å². The Morgan fingerprint density at radius 3 is 3.04 bits per heavy atom. The van der Waals surface area contributed by atoms with Crippen molar-refractivity contribution >= 4 is 17.0 Å². The van der Waals surface area contributed by atoms with E-state index in [1.807, 2.05) is 19.2 Å². The molecule has 2 aromatic rings. The van der Waals surface area contributed by atoms with Crippen molar-refractivity contribution in [3.63, 3.8) is 0 Å². The lowest BCUT2D eigenvalue weighted by molar-refractivity contribution is -0.0290. The van der Waals surface area contributed by atoms with Gasteiger partial charge in [-0.25, -0.2) is 15.0 Å². The third kappa shape index (κ3) is 3.39. The largest absolute Gasteiger partial charge is 0.390 e. The Hall–Kier alpha value is -2.07. The fourth-order valence-electron chi connectivity index (χ4n) is 2.86. The minimum atomic E-state index is -0.549. The number of nitrogen functional groups attached to an aromatic ring is 1. The van der Waals surface area contributed by atoms with Crippen molar-refractivity contribution in [1.82, 2.24) is 24.4 Å². The molecule has 0 aromatic carbocycles. The average Bonchev–Trinajstić information content (AvgIpc) is 3.13. The van der Waals surface area contributed by atoms with Gasteiger partial charge in [0.05, 0.1) is 18.5 Å². The van der Waals surface area contributed by atoms with Gasteiger partial charge in [0.15, 0.2) is 11.5 Å². The molecule has 1 aliphatic heterocycles. The van der Waals surface area contributed by atoms with Gasteiger partial charge in [-0.3, -0.25) is 4.57 Å². The Morgan fingerprint density at radius 1 is 1.42 bits per heavy atom. The van der Waals surface area contributed by atoms with Gasteiger partial charge in [-0.1, -0.05) is 12.2 Å². The maximum atomic E-state index is 10.3. The van der Waals surface area contributed by atoms with Crippen molar-refractivity contribution in [3.8, 4) is 0 Å². The van der Waals surface area contributed by atoms with Crippen LogP contribution in [-0.2, 0) is 4.74 Å². The number of imidazole rings is 1. The summed E-state index contributed by atoms with van der Waals surface area (Å²) in [6.07, 6.45) is 6.27. The van der Waals surface area contributed by atoms with Crippen molar-refractivity contribution in [2.45, 2.75) is 24.9 Å². The first-order chi connectivity index (χ1) is 11.6. The topological polar surface area (TPSA) is 128 Å². The molecule has 9 heteroatoms. The van der Waals surface area contributed by atoms with Crippen LogP contribution >= 0.6 is 0 Å². The summed E-state index contributed by atoms with van der Waals surface area (Å²) in [7, 11) is 1.98. The molecule has 0 amide bonds. The number of likely N-dealkylation sites (N-methyl/N-ethyl adjacent to an activating group) is 1. The summed E-state index contributed by atoms with van der Waals surface area (Å²) < 4.78 is 7.82. The number of ether oxygens (including phenoxy) is 1. The van der Waals surface area contributed by atoms with Gasteiger partial charge in [0.25, 0.3) is 0 Å². The summed E-state index contributed by atoms with van der Waals surface area (Å²) in [5, 5.41) is 10.3. The summed E-state index contributed by atoms with van der Waals surface area (Å²) in [5.41, 5.74) is 12.4. The van der Waals surface area contributed by atoms with Crippen molar-refractivity contribution < 1.29 is 9.84 Å². The Kier molecular flexibility index (Phi) is 5.05. The minimum absolute atomic E-state index is 0.275. The summed E-state index contributed by atoms with van der Waals surface area (Å²) >= 11 is 0. The smallest absolute Gasteiger partial charge is 0.167 e. The van der Waals surface area contributed by atoms with E-state index in [1.165, 1.54) is 6.33 Å². The fourth-order valence-corrected chi connectivity index (χ4v) is 2.86. The number of nitrogens with two attached hydrogens (primary N) is 2. The van der Waals surface area contributed by atoms with Crippen LogP contribution in [0, 0.1) is 0 Å². The number of aliphatic hydroxyl groups is 1. The van der Waals surface area contributed by atoms with Crippen LogP contribution in [0.5, 0.6) is 0 Å². The normalized spacial score (nSPS) is 24.6. The van der Waals surface area contributed by atoms with Gasteiger partial charge in [0.2, 0.25) is 0 Å². The average molecular weight is 333 g/mol. The highest BCUT2D eigenvalue weighted by Crippen LogP contribution is 2.31. The van der Waals surface area contributed by atoms with E-state index >= 15 is 0 Å². The number of rotatable bonds is 6. The molecule has 3 rings (SSSR count). The Bertz CT molecular complexity index is 717. The number of hydrogen-bond acceptors (Lipinski definition) is 8. The molecule has 24 heavy (non-hydrogen) atoms. The van der Waals surface area contributed by atoms with E-state index in [9.17, 15) is 5.11 Å². The van der Waals surface area contributed by atoms with Gasteiger partial charge in [0.1, 0.15) is 18.1 Å². The fraction of sp³-hybridized carbons (Fsp3) is 0.533. The molecular formula is C15H23N7O2. The van der Waals surface area contributed by atoms with E-state index in [1.54, 1.807) is 10.9 Å². The molecule has 1 fully saturated rings. The lowest BCUT2D eigenvalue weighted by atomic mass is 10.1. The van der Waals surface area contributed by atoms with E-state index in [0.717, 1.165) is 6.54 Å². The zero-order valence-electron chi connectivity index (χ0n) is 13.6. The van der Waals surface area contributed by atoms with Crippen molar-refractivity contribution in [1.29, 1.82) is 0 Å². The molecule has 0 aliphatic carbocycles. The molecule has 0 spiro atoms. The summed E-state index contributed by atoms with van der Waals surface area (Å²) in [5.74, 6) is 0.334. The maximum absolute atomic E-state index is 10.3. The zero-order valence-corrected chi connectivity index (χ0v) is 13.6. The molecule has 130 valence electrons. The van der Waals surface area contributed by atoms with Crippen molar-refractivity contribution in [3.05, 3.63) is 24.8 Å². The van der Waals surface area contributed by atoms with Crippen LogP contribution in [0.3, 0.4) is 0 Å². The summed E-state index contributed by atoms with van der Waals surface area (Å²) in [4.78, 5) is 14.5. The SMILES string of the molecule is CN(C/C=C\CN)CC1OC(n2cnc3c(N)ncnc32)CC1O. The van der Waals surface area contributed by atoms with E-state index in [0.29, 0.717) is 36.5 Å². The van der Waals surface area contributed by atoms with E-state index < -0.39 is 6.10 Å². The highest BCUT2D eigenvalue weighted by Gasteiger charge is 2.36. The number of aromatic nitrogens is 4. The van der Waals surface area contributed by atoms with E-state index in [4.69, 9.17) is 16.2 Å². The molecule has 2 aromatic heterocycles. The summed E-state index contributed by atoms with van der Waals surface area (Å²) in [6, 6.07) is 0. The third-order valence-electron chi connectivity index (χ3n) is 4.11. The number of anilines is 1. The molecule has 0 saturated carbocycles. The number of aliphatic hydroxyl groups excluding tert-OH is 1. The Labute approximate surface area is 139 Å². The highest BCUT2D eigenvalue weighted by atomic mass is 16.5. The molecule has 3 atom stereocenters. The van der Waals surface area contributed by atoms with Gasteiger partial charge in [0, 0.05) is 26.1 Å². The predicted octanol–water partition coefficient (Wildman–Crippen LogP) is -0.496. The monoisotopic (exact) mass is 333 g/mol. The van der Waals surface area contributed by atoms with Gasteiger partial charge in [-0.15, -0.1) is 0 Å². The van der Waals surface area contributed by atoms with Crippen LogP contribution in [0.4, 0.5) is 5.82 Å². The molecule has 1 saturated heterocycles. The van der Waals surface area contributed by atoms with Crippen LogP contribution in [0.25, 0.3) is 11.2 Å². The van der Waals surface area contributed by atoms with Crippen LogP contribution < -0.4 is 11.5 Å². The molecule has 3 unspecified atom stereocenters. The highest BCUT2D eigenvalue weighted by molar-refractivity contribution is 5.81. The zero-order chi connectivity index (χ0) is 17.1. The van der Waals surface area contributed by atoms with Gasteiger partial charge in [-0.2, -0.15) is 0 Å². The van der Waals surface area contributed by atoms with Crippen LogP contribution in [-0.4, -0.2) is 68.4 Å². The van der Waals surface area contributed by atoms with Crippen LogP contribution in [0.15, 0.2) is 24.8 Å². The van der Waals surface area contributed by atoms with Crippen molar-refractivity contribution in [2.24, 2.45) is 5.73 Å². The van der Waals surface area contributed by atoms with Gasteiger partial charge >= 0.3 is 0 Å². The first-order valence-corrected chi connectivity index (χ1v) is 7.90. The molecule has 5 N–H and O–H groups in total. The van der Waals surface area contributed by atoms with Crippen molar-refractivity contribution in [2.75, 3.05) is 32.4 Å². The number of fused-ring (bicyclic) bond motifs is 1. The van der Waals surface area contributed by atoms with Gasteiger partial charge in [-0.05, 0) is 7.05 Å². The number of hydrogen-bond donors (Lipinski definition) is 3. The van der Waals surface area contributed by atoms with E-state index in [2.05, 4.69) is 19.9 Å². The molecule has 1 aliphatic rings. The standard InChI is InChI=1S/C15H23N7O2/c1-21(5-3-2-4-16)7-11-10(23)6-12(24-11)22-9-20-13-14(17)18-8-19-15(13)22/h2-3,8-12,23H,4-7,16H2,1H3,(H2,17,18,19)/b3-2-. The second kappa shape index (κ2) is 7.22. The Balaban J connectivity index is 1.69. The first-order valence-electron chi connectivity index (χ1n) is 7.90. The first kappa shape index (κ1) is 16.8. The lowest BCUT2D eigenvalue weighted by Crippen LogP contribution is -2.35. The summed E-state index contributed by atoms with van der Waals surface area (Å²) in [6.45, 7) is 1.90. The third-order valence-corrected chi connectivity index (χ3v) is 4.11. The molecule has 0 radical (unpaired) electrons. The quantitative estimate of drug-likeness (QED) is 0.604. The molecule has 0 bridgehead atoms. The lowest BCUT2D eigenvalue weighted by Gasteiger charge is -2.21. The number of nitrogens with zero attached hydrogens (tertiary/aromatic N) is 5. The predicted molar refractivity (Wildman–Crippen MR) is 90.0 cm³/mol. The Morgan fingerprint density at radius 2 is 2.25 bits per heavy atom. The van der Waals surface area contributed by atoms with Crippen LogP contribution in [0.1, 0.15) is 12.6 Å². The second-order valence-electron chi connectivity index (χ2n) is 5.94.